The van der Waals surface area contributed by atoms with Crippen LogP contribution in [0.15, 0.2) is 222 Å². The van der Waals surface area contributed by atoms with Gasteiger partial charge < -0.3 is 33.1 Å². The molecule has 0 amide bonds. The first-order valence-electron chi connectivity index (χ1n) is 24.2. The van der Waals surface area contributed by atoms with E-state index in [-0.39, 0.29) is 0 Å². The van der Waals surface area contributed by atoms with Crippen LogP contribution in [0.25, 0.3) is 66.4 Å². The molecule has 3 aromatic heterocycles. The second kappa shape index (κ2) is 26.9. The highest BCUT2D eigenvalue weighted by Gasteiger charge is 2.30. The minimum Gasteiger partial charge on any atom is -0.472 e. The molecule has 0 spiro atoms. The van der Waals surface area contributed by atoms with Crippen LogP contribution in [0.2, 0.25) is 0 Å². The largest absolute Gasteiger partial charge is 0.472 e. The molecule has 16 heteroatoms. The molecule has 8 aromatic carbocycles. The summed E-state index contributed by atoms with van der Waals surface area (Å²) in [5.41, 5.74) is 42.3. The summed E-state index contributed by atoms with van der Waals surface area (Å²) in [6, 6.07) is 63.6. The van der Waals surface area contributed by atoms with Crippen molar-refractivity contribution in [3.63, 3.8) is 0 Å². The van der Waals surface area contributed by atoms with Gasteiger partial charge in [0.05, 0.1) is 74.3 Å². The molecule has 11 aromatic rings. The summed E-state index contributed by atoms with van der Waals surface area (Å²) in [5.74, 6) is 0. The molecule has 10 N–H and O–H groups in total. The van der Waals surface area contributed by atoms with Crippen LogP contribution in [0.4, 0.5) is 41.6 Å². The molecule has 0 fully saturated rings. The van der Waals surface area contributed by atoms with Crippen molar-refractivity contribution in [2.75, 3.05) is 28.7 Å². The first kappa shape index (κ1) is 57.1. The predicted molar refractivity (Wildman–Crippen MR) is 315 cm³/mol. The Kier molecular flexibility index (Phi) is 19.0. The third-order valence-electron chi connectivity index (χ3n) is 12.2. The van der Waals surface area contributed by atoms with Crippen molar-refractivity contribution in [2.24, 2.45) is 0 Å². The summed E-state index contributed by atoms with van der Waals surface area (Å²) < 4.78 is 42.2. The molecule has 12 nitrogen and oxygen atoms in total. The van der Waals surface area contributed by atoms with Crippen molar-refractivity contribution >= 4 is 50.5 Å². The third kappa shape index (κ3) is 14.9. The number of hydrogen-bond donors (Lipinski definition) is 5. The van der Waals surface area contributed by atoms with Crippen LogP contribution in [0.1, 0.15) is 33.4 Å². The maximum atomic E-state index is 12.4. The van der Waals surface area contributed by atoms with E-state index in [1.807, 2.05) is 109 Å². The summed E-state index contributed by atoms with van der Waals surface area (Å²) in [6.07, 6.45) is 2.38. The van der Waals surface area contributed by atoms with Gasteiger partial charge in [0.15, 0.2) is 0 Å². The maximum absolute atomic E-state index is 12.4. The number of benzene rings is 8. The molecule has 0 radical (unpaired) electrons. The molecular formula is C65H46F3N11OS. The zero-order chi connectivity index (χ0) is 57.9. The molecule has 0 unspecified atom stereocenters. The van der Waals surface area contributed by atoms with E-state index in [4.69, 9.17) is 59.4 Å². The van der Waals surface area contributed by atoms with Gasteiger partial charge in [0.25, 0.3) is 0 Å². The lowest BCUT2D eigenvalue weighted by atomic mass is 9.97. The molecular weight excluding hydrogens is 1040 g/mol. The van der Waals surface area contributed by atoms with Gasteiger partial charge in [-0.2, -0.15) is 50.8 Å². The zero-order valence-corrected chi connectivity index (χ0v) is 43.6. The topological polar surface area (TPSA) is 275 Å². The number of rotatable bonds is 5. The fraction of sp³-hybridized carbons (Fsp3) is 0.0154. The van der Waals surface area contributed by atoms with Crippen molar-refractivity contribution in [3.8, 4) is 86.0 Å². The average molecular weight is 1090 g/mol. The molecule has 0 aliphatic rings. The molecule has 0 saturated heterocycles. The van der Waals surface area contributed by atoms with Crippen LogP contribution in [0, 0.1) is 56.7 Å². The molecule has 11 rings (SSSR count). The summed E-state index contributed by atoms with van der Waals surface area (Å²) in [6.45, 7) is 0. The van der Waals surface area contributed by atoms with Crippen molar-refractivity contribution in [2.45, 2.75) is 6.18 Å². The Balaban J connectivity index is 0.000000147. The first-order valence-corrected chi connectivity index (χ1v) is 25.2. The number of furan rings is 1. The van der Waals surface area contributed by atoms with Crippen LogP contribution < -0.4 is 28.7 Å². The quantitative estimate of drug-likeness (QED) is 0.101. The Hall–Kier alpha value is -11.6. The van der Waals surface area contributed by atoms with Gasteiger partial charge in [0, 0.05) is 23.5 Å². The number of nitrogen functional groups attached to an aromatic ring is 5. The van der Waals surface area contributed by atoms with Crippen molar-refractivity contribution < 1.29 is 17.6 Å². The fourth-order valence-electron chi connectivity index (χ4n) is 7.93. The van der Waals surface area contributed by atoms with Crippen LogP contribution in [0.3, 0.4) is 0 Å². The lowest BCUT2D eigenvalue weighted by Gasteiger charge is -2.08. The molecule has 0 aliphatic carbocycles. The predicted octanol–water partition coefficient (Wildman–Crippen LogP) is 15.3. The smallest absolute Gasteiger partial charge is 0.416 e. The minimum atomic E-state index is -4.35. The monoisotopic (exact) mass is 1090 g/mol. The normalized spacial score (nSPS) is 10.1. The number of fused-ring (bicyclic) bond motifs is 1. The van der Waals surface area contributed by atoms with Crippen LogP contribution in [-0.4, -0.2) is 4.98 Å². The number of anilines is 5. The lowest BCUT2D eigenvalue weighted by molar-refractivity contribution is -0.137. The SMILES string of the molecule is N#Cc1ccc(-c2ccc(C(F)(F)F)cc2)cc1N.N#Cc1ccc(-c2cccc3ccccc23)cc1N.N#Cc1ccc(-c2cccnc2)cc1N.N#Cc1ccc(-c2ccoc2)cc1N.N#Cc1ccc(-c2ccsc2)cc1N. The summed E-state index contributed by atoms with van der Waals surface area (Å²) in [7, 11) is 0. The summed E-state index contributed by atoms with van der Waals surface area (Å²) in [5, 5.41) is 50.3. The van der Waals surface area contributed by atoms with E-state index in [1.54, 1.807) is 90.9 Å². The molecule has 81 heavy (non-hydrogen) atoms. The summed E-state index contributed by atoms with van der Waals surface area (Å²) in [4.78, 5) is 4.03. The van der Waals surface area contributed by atoms with E-state index in [0.29, 0.717) is 67.4 Å². The third-order valence-corrected chi connectivity index (χ3v) is 12.9. The number of hydrogen-bond acceptors (Lipinski definition) is 13. The standard InChI is InChI=1S/C17H12N2.C14H9F3N2.C12H9N3.C11H8N2O.C11H8N2S/c18-11-14-9-8-13(10-17(14)19)16-7-3-5-12-4-1-2-6-15(12)16;15-14(16,17)12-5-3-9(4-6-12)10-1-2-11(8-18)13(19)7-10;13-7-10-4-3-9(6-12(10)14)11-2-1-5-15-8-11;2*12-6-9-2-1-8(5-11(9)13)10-3-4-14-7-10/h1-10H,19H2;1-7H,19H2;1-6,8H,14H2;2*1-5,7H,13H2. The van der Waals surface area contributed by atoms with Gasteiger partial charge in [-0.25, -0.2) is 0 Å². The van der Waals surface area contributed by atoms with Gasteiger partial charge in [0.2, 0.25) is 0 Å². The van der Waals surface area contributed by atoms with E-state index in [1.165, 1.54) is 22.9 Å². The minimum absolute atomic E-state index is 0.305. The van der Waals surface area contributed by atoms with E-state index >= 15 is 0 Å². The van der Waals surface area contributed by atoms with Gasteiger partial charge in [-0.15, -0.1) is 0 Å². The number of nitrogens with zero attached hydrogens (tertiary/aromatic N) is 6. The Morgan fingerprint density at radius 1 is 0.420 bits per heavy atom. The highest BCUT2D eigenvalue weighted by Crippen LogP contribution is 2.33. The van der Waals surface area contributed by atoms with Gasteiger partial charge in [-0.3, -0.25) is 4.98 Å². The summed E-state index contributed by atoms with van der Waals surface area (Å²) >= 11 is 1.64. The molecule has 0 atom stereocenters. The van der Waals surface area contributed by atoms with Gasteiger partial charge in [0.1, 0.15) is 30.3 Å². The fourth-order valence-corrected chi connectivity index (χ4v) is 8.59. The highest BCUT2D eigenvalue weighted by atomic mass is 32.1. The number of thiophene rings is 1. The average Bonchev–Trinajstić information content (AvgIpc) is 4.25. The number of aromatic nitrogens is 1. The Bertz CT molecular complexity index is 4070. The number of alkyl halides is 3. The Morgan fingerprint density at radius 3 is 1.30 bits per heavy atom. The lowest BCUT2D eigenvalue weighted by Crippen LogP contribution is -2.04. The van der Waals surface area contributed by atoms with Crippen molar-refractivity contribution in [1.82, 2.24) is 4.98 Å². The van der Waals surface area contributed by atoms with Crippen molar-refractivity contribution in [3.05, 3.63) is 251 Å². The zero-order valence-electron chi connectivity index (χ0n) is 42.8. The van der Waals surface area contributed by atoms with Crippen LogP contribution >= 0.6 is 11.3 Å². The van der Waals surface area contributed by atoms with Gasteiger partial charge in [-0.05, 0) is 157 Å². The second-order valence-corrected chi connectivity index (χ2v) is 18.2. The van der Waals surface area contributed by atoms with Gasteiger partial charge in [-0.1, -0.05) is 91.0 Å². The first-order chi connectivity index (χ1) is 39.1. The number of nitrogens with two attached hydrogens (primary N) is 5. The number of pyridine rings is 1. The van der Waals surface area contributed by atoms with Crippen LogP contribution in [0.5, 0.6) is 0 Å². The molecule has 394 valence electrons. The highest BCUT2D eigenvalue weighted by molar-refractivity contribution is 7.08. The van der Waals surface area contributed by atoms with E-state index in [9.17, 15) is 13.2 Å². The molecule has 0 aliphatic heterocycles. The van der Waals surface area contributed by atoms with Crippen LogP contribution in [-0.2, 0) is 6.18 Å². The maximum Gasteiger partial charge on any atom is 0.416 e. The number of nitriles is 5. The van der Waals surface area contributed by atoms with E-state index < -0.39 is 11.7 Å². The Morgan fingerprint density at radius 2 is 0.864 bits per heavy atom. The van der Waals surface area contributed by atoms with Gasteiger partial charge >= 0.3 is 6.18 Å². The van der Waals surface area contributed by atoms with E-state index in [0.717, 1.165) is 56.6 Å². The van der Waals surface area contributed by atoms with E-state index in [2.05, 4.69) is 40.7 Å². The second-order valence-electron chi connectivity index (χ2n) is 17.4. The molecule has 0 saturated carbocycles. The number of halogens is 3. The molecule has 3 heterocycles. The van der Waals surface area contributed by atoms with Crippen molar-refractivity contribution in [1.29, 1.82) is 26.3 Å². The molecule has 0 bridgehead atoms. The Labute approximate surface area is 469 Å².